The molecule has 236 valence electrons. The summed E-state index contributed by atoms with van der Waals surface area (Å²) in [6, 6.07) is -2.63. The van der Waals surface area contributed by atoms with Crippen molar-refractivity contribution in [2.75, 3.05) is 19.8 Å². The maximum atomic E-state index is 14.4. The number of Topliss-reactive ketones (excluding diaryl/α,β-unsaturated/α-hetero) is 1. The molecular weight excluding hydrogens is 536 g/mol. The summed E-state index contributed by atoms with van der Waals surface area (Å²) in [4.78, 5) is 67.8. The maximum Gasteiger partial charge on any atom is 0.287 e. The fourth-order valence-electron chi connectivity index (χ4n) is 7.57. The van der Waals surface area contributed by atoms with Crippen LogP contribution in [0.15, 0.2) is 0 Å². The highest BCUT2D eigenvalue weighted by molar-refractivity contribution is 6.37. The van der Waals surface area contributed by atoms with Gasteiger partial charge in [-0.05, 0) is 66.6 Å². The number of ketones is 1. The molecule has 42 heavy (non-hydrogen) atoms. The number of carbonyl (C=O) groups excluding carboxylic acids is 5. The molecule has 10 nitrogen and oxygen atoms in total. The number of hydrogen-bond acceptors (Lipinski definition) is 6. The fourth-order valence-corrected chi connectivity index (χ4v) is 7.57. The number of amides is 4. The van der Waals surface area contributed by atoms with E-state index in [0.29, 0.717) is 39.0 Å². The lowest BCUT2D eigenvalue weighted by Crippen LogP contribution is -2.59. The van der Waals surface area contributed by atoms with Crippen LogP contribution < -0.4 is 16.4 Å². The molecule has 2 heterocycles. The van der Waals surface area contributed by atoms with Gasteiger partial charge in [0.05, 0.1) is 6.04 Å². The van der Waals surface area contributed by atoms with E-state index in [0.717, 1.165) is 51.4 Å². The first-order valence-electron chi connectivity index (χ1n) is 16.0. The fraction of sp³-hybridized carbons (Fsp3) is 0.844. The maximum absolute atomic E-state index is 14.4. The molecule has 1 spiro atoms. The van der Waals surface area contributed by atoms with E-state index in [9.17, 15) is 24.0 Å². The van der Waals surface area contributed by atoms with E-state index in [1.165, 1.54) is 0 Å². The van der Waals surface area contributed by atoms with Gasteiger partial charge in [-0.3, -0.25) is 24.0 Å². The van der Waals surface area contributed by atoms with Crippen molar-refractivity contribution in [3.8, 4) is 0 Å². The van der Waals surface area contributed by atoms with E-state index in [2.05, 4.69) is 24.5 Å². The molecule has 1 unspecified atom stereocenters. The Balaban J connectivity index is 1.58. The number of nitrogens with one attached hydrogen (secondary N) is 2. The first-order valence-corrected chi connectivity index (χ1v) is 16.0. The highest BCUT2D eigenvalue weighted by Gasteiger charge is 2.58. The van der Waals surface area contributed by atoms with Crippen LogP contribution in [0.3, 0.4) is 0 Å². The minimum Gasteiger partial charge on any atom is -0.381 e. The first-order chi connectivity index (χ1) is 19.6. The molecule has 2 saturated carbocycles. The van der Waals surface area contributed by atoms with Crippen molar-refractivity contribution in [1.82, 2.24) is 15.5 Å². The summed E-state index contributed by atoms with van der Waals surface area (Å²) in [6.45, 7) is 11.9. The van der Waals surface area contributed by atoms with Crippen LogP contribution in [0.25, 0.3) is 0 Å². The van der Waals surface area contributed by atoms with Gasteiger partial charge in [-0.2, -0.15) is 0 Å². The molecule has 0 bridgehead atoms. The molecular formula is C32H52N4O6. The standard InChI is InChI=1S/C32H52N4O6/c1-30(2,3)26(35-24(37)17-21-10-14-42-15-11-21)29(41)36-19-32(13-7-12-31(32,4)5)18-23(36)28(40)34-22(25(38)27(33)39)16-20-8-6-9-20/h20-23,26H,6-19H2,1-5H3,(H2,33,39)(H,34,40)(H,35,37)/t22?,23-,26+,32-/m0/s1. The van der Waals surface area contributed by atoms with Crippen molar-refractivity contribution in [2.45, 2.75) is 123 Å². The Kier molecular flexibility index (Phi) is 9.75. The number of likely N-dealkylation sites (tertiary alicyclic amines) is 1. The van der Waals surface area contributed by atoms with Gasteiger partial charge >= 0.3 is 0 Å². The van der Waals surface area contributed by atoms with E-state index in [4.69, 9.17) is 10.5 Å². The molecule has 2 aliphatic heterocycles. The van der Waals surface area contributed by atoms with Crippen molar-refractivity contribution in [2.24, 2.45) is 33.8 Å². The van der Waals surface area contributed by atoms with Gasteiger partial charge in [0.25, 0.3) is 5.91 Å². The second kappa shape index (κ2) is 12.6. The lowest BCUT2D eigenvalue weighted by Gasteiger charge is -2.39. The number of ether oxygens (including phenoxy) is 1. The Hall–Kier alpha value is -2.49. The smallest absolute Gasteiger partial charge is 0.287 e. The zero-order valence-corrected chi connectivity index (χ0v) is 26.3. The molecule has 4 atom stereocenters. The van der Waals surface area contributed by atoms with Crippen molar-refractivity contribution in [1.29, 1.82) is 0 Å². The summed E-state index contributed by atoms with van der Waals surface area (Å²) in [7, 11) is 0. The van der Waals surface area contributed by atoms with E-state index < -0.39 is 41.1 Å². The Labute approximate surface area is 250 Å². The number of nitrogens with zero attached hydrogens (tertiary/aromatic N) is 1. The van der Waals surface area contributed by atoms with Gasteiger partial charge in [-0.25, -0.2) is 0 Å². The Morgan fingerprint density at radius 2 is 1.62 bits per heavy atom. The molecule has 4 aliphatic rings. The predicted octanol–water partition coefficient (Wildman–Crippen LogP) is 2.86. The van der Waals surface area contributed by atoms with E-state index in [1.54, 1.807) is 4.90 Å². The summed E-state index contributed by atoms with van der Waals surface area (Å²) < 4.78 is 5.43. The lowest BCUT2D eigenvalue weighted by molar-refractivity contribution is -0.145. The summed E-state index contributed by atoms with van der Waals surface area (Å²) in [5.41, 5.74) is 4.42. The SMILES string of the molecule is CC(C)(C)[C@H](NC(=O)CC1CCOCC1)C(=O)N1C[C@]2(CCCC2(C)C)C[C@H]1C(=O)NC(CC1CCC1)C(=O)C(N)=O. The molecule has 4 amide bonds. The summed E-state index contributed by atoms with van der Waals surface area (Å²) in [5.74, 6) is -2.25. The zero-order chi connectivity index (χ0) is 30.9. The predicted molar refractivity (Wildman–Crippen MR) is 158 cm³/mol. The average molecular weight is 589 g/mol. The van der Waals surface area contributed by atoms with Gasteiger partial charge in [0.2, 0.25) is 23.5 Å². The van der Waals surface area contributed by atoms with Gasteiger partial charge in [0, 0.05) is 26.2 Å². The van der Waals surface area contributed by atoms with E-state index >= 15 is 0 Å². The van der Waals surface area contributed by atoms with Crippen LogP contribution in [0.1, 0.15) is 105 Å². The van der Waals surface area contributed by atoms with Crippen molar-refractivity contribution >= 4 is 29.4 Å². The van der Waals surface area contributed by atoms with Crippen molar-refractivity contribution in [3.63, 3.8) is 0 Å². The Morgan fingerprint density at radius 3 is 2.14 bits per heavy atom. The number of hydrogen-bond donors (Lipinski definition) is 3. The second-order valence-electron chi connectivity index (χ2n) is 15.2. The molecule has 4 N–H and O–H groups in total. The van der Waals surface area contributed by atoms with Crippen molar-refractivity contribution < 1.29 is 28.7 Å². The third-order valence-electron chi connectivity index (χ3n) is 10.8. The molecule has 0 radical (unpaired) electrons. The lowest BCUT2D eigenvalue weighted by atomic mass is 9.66. The van der Waals surface area contributed by atoms with E-state index in [-0.39, 0.29) is 34.5 Å². The summed E-state index contributed by atoms with van der Waals surface area (Å²) in [5, 5.41) is 5.89. The first kappa shape index (κ1) is 32.4. The largest absolute Gasteiger partial charge is 0.381 e. The minimum atomic E-state index is -1.06. The number of nitrogens with two attached hydrogens (primary N) is 1. The van der Waals surface area contributed by atoms with Gasteiger partial charge in [0.1, 0.15) is 12.1 Å². The van der Waals surface area contributed by atoms with Gasteiger partial charge < -0.3 is 26.0 Å². The van der Waals surface area contributed by atoms with Gasteiger partial charge in [-0.1, -0.05) is 60.3 Å². The van der Waals surface area contributed by atoms with Crippen LogP contribution in [-0.2, 0) is 28.7 Å². The Bertz CT molecular complexity index is 1060. The highest BCUT2D eigenvalue weighted by Crippen LogP contribution is 2.59. The molecule has 4 fully saturated rings. The van der Waals surface area contributed by atoms with Crippen LogP contribution in [0.5, 0.6) is 0 Å². The molecule has 2 aliphatic carbocycles. The number of carbonyl (C=O) groups is 5. The third-order valence-corrected chi connectivity index (χ3v) is 10.8. The number of rotatable bonds is 10. The van der Waals surface area contributed by atoms with Gasteiger partial charge in [-0.15, -0.1) is 0 Å². The van der Waals surface area contributed by atoms with E-state index in [1.807, 2.05) is 20.8 Å². The third kappa shape index (κ3) is 7.00. The van der Waals surface area contributed by atoms with Crippen LogP contribution in [-0.4, -0.2) is 72.2 Å². The summed E-state index contributed by atoms with van der Waals surface area (Å²) >= 11 is 0. The van der Waals surface area contributed by atoms with Gasteiger partial charge in [0.15, 0.2) is 0 Å². The number of primary amides is 1. The molecule has 10 heteroatoms. The van der Waals surface area contributed by atoms with Crippen LogP contribution in [0.4, 0.5) is 0 Å². The van der Waals surface area contributed by atoms with Crippen LogP contribution in [0, 0.1) is 28.1 Å². The molecule has 2 saturated heterocycles. The average Bonchev–Trinajstić information content (AvgIpc) is 3.42. The van der Waals surface area contributed by atoms with Crippen molar-refractivity contribution in [3.05, 3.63) is 0 Å². The summed E-state index contributed by atoms with van der Waals surface area (Å²) in [6.07, 6.45) is 8.69. The molecule has 0 aromatic heterocycles. The topological polar surface area (TPSA) is 148 Å². The monoisotopic (exact) mass is 588 g/mol. The molecule has 4 rings (SSSR count). The Morgan fingerprint density at radius 1 is 0.952 bits per heavy atom. The highest BCUT2D eigenvalue weighted by atomic mass is 16.5. The normalized spacial score (nSPS) is 27.7. The van der Waals surface area contributed by atoms with Crippen LogP contribution in [0.2, 0.25) is 0 Å². The minimum absolute atomic E-state index is 0.0849. The molecule has 0 aromatic rings. The second-order valence-corrected chi connectivity index (χ2v) is 15.2. The quantitative estimate of drug-likeness (QED) is 0.334. The zero-order valence-electron chi connectivity index (χ0n) is 26.3. The van der Waals surface area contributed by atoms with Crippen LogP contribution >= 0.6 is 0 Å². The molecule has 0 aromatic carbocycles.